The topological polar surface area (TPSA) is 72.0 Å². The average Bonchev–Trinajstić information content (AvgIpc) is 2.74. The molecule has 0 bridgehead atoms. The maximum absolute atomic E-state index is 13.0. The number of H-pyrrole nitrogens is 1. The highest BCUT2D eigenvalue weighted by atomic mass is 35.5. The van der Waals surface area contributed by atoms with E-state index in [0.29, 0.717) is 5.69 Å². The number of ketones is 1. The molecule has 3 rings (SSSR count). The van der Waals surface area contributed by atoms with Gasteiger partial charge in [-0.3, -0.25) is 14.6 Å². The first kappa shape index (κ1) is 23.7. The quantitative estimate of drug-likeness (QED) is 0.431. The fraction of sp³-hybridized carbons (Fsp3) is 0.0417. The SMILES string of the molecule is C=C(Cl)/C=c1/c(-c2ccc(OC(F)(F)F)cc2)c(C(=O)/C=C/c2ccccn2)c(=O)[nH]c1=C. The van der Waals surface area contributed by atoms with Gasteiger partial charge in [-0.2, -0.15) is 0 Å². The largest absolute Gasteiger partial charge is 0.573 e. The zero-order valence-electron chi connectivity index (χ0n) is 16.9. The fourth-order valence-electron chi connectivity index (χ4n) is 3.06. The zero-order chi connectivity index (χ0) is 24.2. The van der Waals surface area contributed by atoms with E-state index in [1.54, 1.807) is 24.4 Å². The summed E-state index contributed by atoms with van der Waals surface area (Å²) in [4.78, 5) is 32.4. The Morgan fingerprint density at radius 1 is 1.15 bits per heavy atom. The van der Waals surface area contributed by atoms with Gasteiger partial charge >= 0.3 is 6.36 Å². The van der Waals surface area contributed by atoms with Gasteiger partial charge in [0.25, 0.3) is 5.56 Å². The third-order valence-electron chi connectivity index (χ3n) is 4.35. The van der Waals surface area contributed by atoms with Crippen LogP contribution in [0.2, 0.25) is 0 Å². The Labute approximate surface area is 190 Å². The van der Waals surface area contributed by atoms with Crippen molar-refractivity contribution in [3.63, 3.8) is 0 Å². The molecule has 33 heavy (non-hydrogen) atoms. The van der Waals surface area contributed by atoms with Crippen LogP contribution >= 0.6 is 11.6 Å². The normalized spacial score (nSPS) is 12.2. The third-order valence-corrected chi connectivity index (χ3v) is 4.46. The van der Waals surface area contributed by atoms with Crippen molar-refractivity contribution in [3.05, 3.63) is 98.5 Å². The number of rotatable bonds is 6. The van der Waals surface area contributed by atoms with E-state index in [1.165, 1.54) is 30.4 Å². The summed E-state index contributed by atoms with van der Waals surface area (Å²) < 4.78 is 41.4. The first-order chi connectivity index (χ1) is 15.5. The molecular weight excluding hydrogens is 457 g/mol. The van der Waals surface area contributed by atoms with E-state index < -0.39 is 23.5 Å². The minimum Gasteiger partial charge on any atom is -0.406 e. The molecule has 0 aliphatic heterocycles. The fourth-order valence-corrected chi connectivity index (χ4v) is 3.17. The second kappa shape index (κ2) is 9.70. The number of carbonyl (C=O) groups is 1. The minimum absolute atomic E-state index is 0.0904. The van der Waals surface area contributed by atoms with Gasteiger partial charge in [-0.25, -0.2) is 0 Å². The van der Waals surface area contributed by atoms with E-state index in [4.69, 9.17) is 11.6 Å². The molecule has 0 radical (unpaired) electrons. The first-order valence-corrected chi connectivity index (χ1v) is 9.74. The van der Waals surface area contributed by atoms with E-state index in [1.807, 2.05) is 0 Å². The summed E-state index contributed by atoms with van der Waals surface area (Å²) in [7, 11) is 0. The number of hydrogen-bond donors (Lipinski definition) is 1. The van der Waals surface area contributed by atoms with Gasteiger partial charge in [0.05, 0.1) is 11.3 Å². The lowest BCUT2D eigenvalue weighted by Crippen LogP contribution is -2.38. The highest BCUT2D eigenvalue weighted by Gasteiger charge is 2.31. The lowest BCUT2D eigenvalue weighted by molar-refractivity contribution is -0.274. The van der Waals surface area contributed by atoms with Crippen molar-refractivity contribution in [2.75, 3.05) is 0 Å². The number of aromatic amines is 1. The molecule has 0 unspecified atom stereocenters. The van der Waals surface area contributed by atoms with Crippen LogP contribution in [0.5, 0.6) is 5.75 Å². The van der Waals surface area contributed by atoms with Gasteiger partial charge in [-0.05, 0) is 48.1 Å². The minimum atomic E-state index is -4.86. The van der Waals surface area contributed by atoms with Crippen LogP contribution in [0.15, 0.2) is 71.1 Å². The van der Waals surface area contributed by atoms with Crippen molar-refractivity contribution >= 4 is 36.1 Å². The summed E-state index contributed by atoms with van der Waals surface area (Å²) >= 11 is 5.93. The number of ether oxygens (including phenoxy) is 1. The Kier molecular flexibility index (Phi) is 6.98. The van der Waals surface area contributed by atoms with E-state index in [0.717, 1.165) is 12.1 Å². The van der Waals surface area contributed by atoms with Crippen LogP contribution in [0, 0.1) is 0 Å². The van der Waals surface area contributed by atoms with E-state index >= 15 is 0 Å². The molecule has 0 atom stereocenters. The Morgan fingerprint density at radius 3 is 2.42 bits per heavy atom. The molecule has 0 saturated heterocycles. The van der Waals surface area contributed by atoms with E-state index in [9.17, 15) is 22.8 Å². The number of aromatic nitrogens is 2. The zero-order valence-corrected chi connectivity index (χ0v) is 17.7. The molecule has 3 aromatic rings. The van der Waals surface area contributed by atoms with Crippen LogP contribution < -0.4 is 20.9 Å². The molecule has 0 aliphatic rings. The second-order valence-electron chi connectivity index (χ2n) is 6.71. The van der Waals surface area contributed by atoms with Crippen LogP contribution in [0.3, 0.4) is 0 Å². The van der Waals surface area contributed by atoms with Crippen LogP contribution in [0.4, 0.5) is 13.2 Å². The summed E-state index contributed by atoms with van der Waals surface area (Å²) in [6, 6.07) is 9.85. The van der Waals surface area contributed by atoms with Gasteiger partial charge in [0.1, 0.15) is 5.75 Å². The summed E-state index contributed by atoms with van der Waals surface area (Å²) in [6.45, 7) is 7.37. The molecule has 5 nitrogen and oxygen atoms in total. The molecule has 0 amide bonds. The van der Waals surface area contributed by atoms with Crippen molar-refractivity contribution in [2.45, 2.75) is 6.36 Å². The lowest BCUT2D eigenvalue weighted by Gasteiger charge is -2.12. The lowest BCUT2D eigenvalue weighted by atomic mass is 9.95. The Bertz CT molecular complexity index is 1390. The van der Waals surface area contributed by atoms with Gasteiger partial charge in [0.15, 0.2) is 5.78 Å². The van der Waals surface area contributed by atoms with Crippen LogP contribution in [0.25, 0.3) is 29.9 Å². The number of hydrogen-bond acceptors (Lipinski definition) is 4. The first-order valence-electron chi connectivity index (χ1n) is 9.36. The van der Waals surface area contributed by atoms with Crippen molar-refractivity contribution in [1.29, 1.82) is 0 Å². The van der Waals surface area contributed by atoms with Crippen LogP contribution in [-0.2, 0) is 0 Å². The maximum Gasteiger partial charge on any atom is 0.573 e. The smallest absolute Gasteiger partial charge is 0.406 e. The molecule has 1 aromatic carbocycles. The van der Waals surface area contributed by atoms with Crippen molar-refractivity contribution < 1.29 is 22.7 Å². The van der Waals surface area contributed by atoms with Gasteiger partial charge in [-0.15, -0.1) is 13.2 Å². The highest BCUT2D eigenvalue weighted by molar-refractivity contribution is 6.33. The van der Waals surface area contributed by atoms with Gasteiger partial charge < -0.3 is 9.72 Å². The molecule has 168 valence electrons. The third kappa shape index (κ3) is 6.08. The number of nitrogens with one attached hydrogen (secondary N) is 1. The molecule has 0 aliphatic carbocycles. The summed E-state index contributed by atoms with van der Waals surface area (Å²) in [5.41, 5.74) is -0.0619. The molecule has 2 heterocycles. The summed E-state index contributed by atoms with van der Waals surface area (Å²) in [6.07, 6.45) is 0.699. The predicted molar refractivity (Wildman–Crippen MR) is 121 cm³/mol. The number of alkyl halides is 3. The number of benzene rings is 1. The van der Waals surface area contributed by atoms with E-state index in [-0.39, 0.29) is 32.3 Å². The van der Waals surface area contributed by atoms with Crippen molar-refractivity contribution in [1.82, 2.24) is 9.97 Å². The van der Waals surface area contributed by atoms with Gasteiger partial charge in [0, 0.05) is 27.4 Å². The molecular formula is C24H16ClF3N2O3. The molecule has 2 aromatic heterocycles. The molecule has 9 heteroatoms. The predicted octanol–water partition coefficient (Wildman–Crippen LogP) is 4.17. The van der Waals surface area contributed by atoms with Gasteiger partial charge in [-0.1, -0.05) is 43.0 Å². The summed E-state index contributed by atoms with van der Waals surface area (Å²) in [5, 5.41) is 0.527. The van der Waals surface area contributed by atoms with Crippen LogP contribution in [0.1, 0.15) is 16.1 Å². The highest BCUT2D eigenvalue weighted by Crippen LogP contribution is 2.26. The molecule has 0 spiro atoms. The Balaban J connectivity index is 2.21. The maximum atomic E-state index is 13.0. The van der Waals surface area contributed by atoms with Crippen molar-refractivity contribution in [2.24, 2.45) is 0 Å². The Hall–Kier alpha value is -3.91. The standard InChI is InChI=1S/C24H16ClF3N2O3/c1-14(25)13-19-15(2)30-23(32)22(20(31)11-8-17-5-3-4-12-29-17)21(19)16-6-9-18(10-7-16)33-24(26,27)28/h3-13H,1-2H2,(H,30,32)/b11-8+,19-13+. The van der Waals surface area contributed by atoms with Crippen molar-refractivity contribution in [3.8, 4) is 16.9 Å². The molecule has 1 N–H and O–H groups in total. The number of halogens is 4. The molecule has 0 saturated carbocycles. The molecule has 0 fully saturated rings. The monoisotopic (exact) mass is 472 g/mol. The summed E-state index contributed by atoms with van der Waals surface area (Å²) in [5.74, 6) is -1.11. The van der Waals surface area contributed by atoms with E-state index in [2.05, 4.69) is 27.9 Å². The van der Waals surface area contributed by atoms with Gasteiger partial charge in [0.2, 0.25) is 0 Å². The number of carbonyl (C=O) groups excluding carboxylic acids is 1. The second-order valence-corrected chi connectivity index (χ2v) is 7.20. The van der Waals surface area contributed by atoms with Crippen LogP contribution in [-0.4, -0.2) is 22.1 Å². The number of allylic oxidation sites excluding steroid dienone is 2. The number of nitrogens with zero attached hydrogens (tertiary/aromatic N) is 1. The average molecular weight is 473 g/mol. The number of pyridine rings is 2. The Morgan fingerprint density at radius 2 is 1.85 bits per heavy atom.